The van der Waals surface area contributed by atoms with Gasteiger partial charge in [-0.25, -0.2) is 4.39 Å². The number of benzene rings is 1. The fraction of sp³-hybridized carbons (Fsp3) is 0.333. The van der Waals surface area contributed by atoms with Gasteiger partial charge in [0.25, 0.3) is 5.91 Å². The smallest absolute Gasteiger partial charge is 0.323 e. The van der Waals surface area contributed by atoms with Crippen LogP contribution in [0.2, 0.25) is 0 Å². The van der Waals surface area contributed by atoms with E-state index in [1.807, 2.05) is 0 Å². The van der Waals surface area contributed by atoms with E-state index in [0.29, 0.717) is 0 Å². The molecule has 1 aliphatic carbocycles. The lowest BCUT2D eigenvalue weighted by Gasteiger charge is -2.20. The number of carbonyl (C=O) groups excluding carboxylic acids is 1. The zero-order valence-electron chi connectivity index (χ0n) is 9.40. The van der Waals surface area contributed by atoms with E-state index in [9.17, 15) is 14.0 Å². The summed E-state index contributed by atoms with van der Waals surface area (Å²) in [7, 11) is 0. The zero-order chi connectivity index (χ0) is 13.3. The predicted molar refractivity (Wildman–Crippen MR) is 65.8 cm³/mol. The average molecular weight is 316 g/mol. The number of carboxylic acid groups (broad SMARTS) is 1. The second kappa shape index (κ2) is 5.06. The van der Waals surface area contributed by atoms with Gasteiger partial charge in [0.1, 0.15) is 12.4 Å². The molecule has 0 atom stereocenters. The van der Waals surface area contributed by atoms with E-state index in [1.165, 1.54) is 17.0 Å². The number of hydrogen-bond donors (Lipinski definition) is 1. The Balaban J connectivity index is 2.27. The number of hydrogen-bond acceptors (Lipinski definition) is 2. The lowest BCUT2D eigenvalue weighted by atomic mass is 10.2. The van der Waals surface area contributed by atoms with E-state index in [1.54, 1.807) is 6.07 Å². The highest BCUT2D eigenvalue weighted by Gasteiger charge is 2.35. The molecule has 1 fully saturated rings. The Kier molecular flexibility index (Phi) is 3.65. The van der Waals surface area contributed by atoms with Crippen LogP contribution in [0.5, 0.6) is 0 Å². The van der Waals surface area contributed by atoms with E-state index in [0.717, 1.165) is 12.8 Å². The second-order valence-electron chi connectivity index (χ2n) is 4.16. The first kappa shape index (κ1) is 13.0. The van der Waals surface area contributed by atoms with Crippen molar-refractivity contribution in [1.29, 1.82) is 0 Å². The van der Waals surface area contributed by atoms with Gasteiger partial charge in [-0.15, -0.1) is 0 Å². The number of amides is 1. The summed E-state index contributed by atoms with van der Waals surface area (Å²) in [6.07, 6.45) is 1.54. The van der Waals surface area contributed by atoms with Crippen LogP contribution in [0.1, 0.15) is 23.2 Å². The van der Waals surface area contributed by atoms with Gasteiger partial charge in [0.05, 0.1) is 10.0 Å². The molecule has 0 aromatic heterocycles. The van der Waals surface area contributed by atoms with Crippen molar-refractivity contribution in [2.75, 3.05) is 6.54 Å². The summed E-state index contributed by atoms with van der Waals surface area (Å²) in [6, 6.07) is 4.32. The molecular weight excluding hydrogens is 305 g/mol. The number of nitrogens with zero attached hydrogens (tertiary/aromatic N) is 1. The van der Waals surface area contributed by atoms with Gasteiger partial charge in [-0.2, -0.15) is 0 Å². The van der Waals surface area contributed by atoms with Crippen LogP contribution in [0.4, 0.5) is 4.39 Å². The Bertz CT molecular complexity index is 502. The Morgan fingerprint density at radius 1 is 1.44 bits per heavy atom. The minimum absolute atomic E-state index is 0.0769. The molecule has 0 bridgehead atoms. The van der Waals surface area contributed by atoms with Gasteiger partial charge in [-0.3, -0.25) is 9.59 Å². The molecule has 0 radical (unpaired) electrons. The lowest BCUT2D eigenvalue weighted by Crippen LogP contribution is -2.37. The van der Waals surface area contributed by atoms with E-state index in [2.05, 4.69) is 15.9 Å². The molecule has 1 aromatic rings. The summed E-state index contributed by atoms with van der Waals surface area (Å²) < 4.78 is 14.0. The highest BCUT2D eigenvalue weighted by atomic mass is 79.9. The number of carbonyl (C=O) groups is 2. The predicted octanol–water partition coefficient (Wildman–Crippen LogP) is 2.28. The lowest BCUT2D eigenvalue weighted by molar-refractivity contribution is -0.137. The molecule has 0 heterocycles. The molecule has 2 rings (SSSR count). The van der Waals surface area contributed by atoms with Gasteiger partial charge >= 0.3 is 5.97 Å². The molecular formula is C12H11BrFNO3. The number of carboxylic acids is 1. The Morgan fingerprint density at radius 2 is 2.11 bits per heavy atom. The first-order valence-electron chi connectivity index (χ1n) is 5.47. The van der Waals surface area contributed by atoms with Crippen LogP contribution in [-0.2, 0) is 4.79 Å². The molecule has 1 saturated carbocycles. The number of aliphatic carboxylic acids is 1. The monoisotopic (exact) mass is 315 g/mol. The maximum Gasteiger partial charge on any atom is 0.323 e. The topological polar surface area (TPSA) is 57.6 Å². The van der Waals surface area contributed by atoms with Crippen LogP contribution in [-0.4, -0.2) is 34.5 Å². The van der Waals surface area contributed by atoms with Crippen LogP contribution < -0.4 is 0 Å². The quantitative estimate of drug-likeness (QED) is 0.927. The summed E-state index contributed by atoms with van der Waals surface area (Å²) in [4.78, 5) is 24.1. The first-order valence-corrected chi connectivity index (χ1v) is 6.26. The molecule has 0 aliphatic heterocycles. The minimum atomic E-state index is -1.09. The van der Waals surface area contributed by atoms with Crippen LogP contribution in [0.3, 0.4) is 0 Å². The zero-order valence-corrected chi connectivity index (χ0v) is 11.0. The third kappa shape index (κ3) is 2.69. The molecule has 1 amide bonds. The maximum atomic E-state index is 13.8. The molecule has 18 heavy (non-hydrogen) atoms. The summed E-state index contributed by atoms with van der Waals surface area (Å²) in [5.41, 5.74) is -0.0995. The molecule has 96 valence electrons. The van der Waals surface area contributed by atoms with Crippen molar-refractivity contribution in [3.8, 4) is 0 Å². The number of halogens is 2. The summed E-state index contributed by atoms with van der Waals surface area (Å²) in [5.74, 6) is -2.32. The van der Waals surface area contributed by atoms with Gasteiger partial charge in [0.15, 0.2) is 0 Å². The normalized spacial score (nSPS) is 14.3. The number of rotatable bonds is 4. The van der Waals surface area contributed by atoms with Crippen LogP contribution in [0, 0.1) is 5.82 Å². The fourth-order valence-electron chi connectivity index (χ4n) is 1.72. The molecule has 0 saturated heterocycles. The van der Waals surface area contributed by atoms with Gasteiger partial charge < -0.3 is 10.0 Å². The van der Waals surface area contributed by atoms with Crippen molar-refractivity contribution in [2.45, 2.75) is 18.9 Å². The summed E-state index contributed by atoms with van der Waals surface area (Å²) in [5, 5.41) is 8.78. The van der Waals surface area contributed by atoms with Gasteiger partial charge in [0, 0.05) is 6.04 Å². The van der Waals surface area contributed by atoms with Crippen molar-refractivity contribution < 1.29 is 19.1 Å². The van der Waals surface area contributed by atoms with Gasteiger partial charge in [-0.1, -0.05) is 6.07 Å². The van der Waals surface area contributed by atoms with Crippen molar-refractivity contribution in [3.05, 3.63) is 34.1 Å². The molecule has 4 nitrogen and oxygen atoms in total. The minimum Gasteiger partial charge on any atom is -0.480 e. The standard InChI is InChI=1S/C12H11BrFNO3/c13-9-3-1-2-8(11(9)14)12(18)15(6-10(16)17)7-4-5-7/h1-3,7H,4-6H2,(H,16,17). The molecule has 0 spiro atoms. The fourth-order valence-corrected chi connectivity index (χ4v) is 2.09. The van der Waals surface area contributed by atoms with Crippen molar-refractivity contribution in [2.24, 2.45) is 0 Å². The van der Waals surface area contributed by atoms with Gasteiger partial charge in [-0.05, 0) is 40.9 Å². The Labute approximate surface area is 112 Å². The highest BCUT2D eigenvalue weighted by Crippen LogP contribution is 2.29. The van der Waals surface area contributed by atoms with E-state index in [4.69, 9.17) is 5.11 Å². The van der Waals surface area contributed by atoms with E-state index < -0.39 is 24.2 Å². The molecule has 1 aromatic carbocycles. The van der Waals surface area contributed by atoms with E-state index in [-0.39, 0.29) is 16.1 Å². The Morgan fingerprint density at radius 3 is 2.67 bits per heavy atom. The maximum absolute atomic E-state index is 13.8. The summed E-state index contributed by atoms with van der Waals surface area (Å²) >= 11 is 3.00. The molecule has 1 N–H and O–H groups in total. The first-order chi connectivity index (χ1) is 8.50. The summed E-state index contributed by atoms with van der Waals surface area (Å²) in [6.45, 7) is -0.393. The molecule has 1 aliphatic rings. The third-order valence-corrected chi connectivity index (χ3v) is 3.35. The largest absolute Gasteiger partial charge is 0.480 e. The molecule has 6 heteroatoms. The molecule has 0 unspecified atom stereocenters. The van der Waals surface area contributed by atoms with Crippen LogP contribution in [0.15, 0.2) is 22.7 Å². The van der Waals surface area contributed by atoms with Crippen LogP contribution >= 0.6 is 15.9 Å². The SMILES string of the molecule is O=C(O)CN(C(=O)c1cccc(Br)c1F)C1CC1. The van der Waals surface area contributed by atoms with Gasteiger partial charge in [0.2, 0.25) is 0 Å². The Hall–Kier alpha value is -1.43. The second-order valence-corrected chi connectivity index (χ2v) is 5.01. The highest BCUT2D eigenvalue weighted by molar-refractivity contribution is 9.10. The van der Waals surface area contributed by atoms with E-state index >= 15 is 0 Å². The van der Waals surface area contributed by atoms with Crippen LogP contribution in [0.25, 0.3) is 0 Å². The third-order valence-electron chi connectivity index (χ3n) is 2.74. The van der Waals surface area contributed by atoms with Crippen molar-refractivity contribution in [1.82, 2.24) is 4.90 Å². The van der Waals surface area contributed by atoms with Crippen molar-refractivity contribution in [3.63, 3.8) is 0 Å². The average Bonchev–Trinajstić information content (AvgIpc) is 3.12. The van der Waals surface area contributed by atoms with Crippen molar-refractivity contribution >= 4 is 27.8 Å².